The standard InChI is InChI=1S/C20H23ClN2OS/c1-6-9-23(5)14(3)16-10-20(25-12-16)13(2)22-19-8-7-17(21)11-18(19)15(4)24/h7-8,10-12H,3,6,9H2,1-2,4-5H3. The van der Waals surface area contributed by atoms with Crippen LogP contribution < -0.4 is 0 Å². The molecule has 1 aromatic heterocycles. The van der Waals surface area contributed by atoms with Crippen LogP contribution in [0.15, 0.2) is 41.2 Å². The molecule has 0 aliphatic rings. The van der Waals surface area contributed by atoms with E-state index in [1.54, 1.807) is 29.5 Å². The van der Waals surface area contributed by atoms with Crippen molar-refractivity contribution in [2.75, 3.05) is 13.6 Å². The molecular formula is C20H23ClN2OS. The van der Waals surface area contributed by atoms with Crippen molar-refractivity contribution >= 4 is 45.8 Å². The van der Waals surface area contributed by atoms with Crippen LogP contribution in [-0.2, 0) is 0 Å². The lowest BCUT2D eigenvalue weighted by Crippen LogP contribution is -2.16. The Morgan fingerprint density at radius 2 is 2.04 bits per heavy atom. The Morgan fingerprint density at radius 1 is 1.32 bits per heavy atom. The van der Waals surface area contributed by atoms with Crippen molar-refractivity contribution in [2.24, 2.45) is 4.99 Å². The molecule has 0 spiro atoms. The molecule has 0 fully saturated rings. The van der Waals surface area contributed by atoms with Crippen molar-refractivity contribution in [3.8, 4) is 0 Å². The van der Waals surface area contributed by atoms with Crippen LogP contribution in [0.5, 0.6) is 0 Å². The molecule has 1 aromatic carbocycles. The Balaban J connectivity index is 2.30. The van der Waals surface area contributed by atoms with Gasteiger partial charge >= 0.3 is 0 Å². The number of carbonyl (C=O) groups excluding carboxylic acids is 1. The van der Waals surface area contributed by atoms with Gasteiger partial charge in [-0.1, -0.05) is 25.1 Å². The number of aliphatic imine (C=N–C) groups is 1. The average Bonchev–Trinajstić information content (AvgIpc) is 3.05. The van der Waals surface area contributed by atoms with E-state index in [4.69, 9.17) is 11.6 Å². The molecule has 0 atom stereocenters. The predicted molar refractivity (Wildman–Crippen MR) is 110 cm³/mol. The van der Waals surface area contributed by atoms with Gasteiger partial charge in [0, 0.05) is 45.7 Å². The molecule has 132 valence electrons. The molecule has 0 saturated carbocycles. The van der Waals surface area contributed by atoms with Gasteiger partial charge in [0.2, 0.25) is 0 Å². The Labute approximate surface area is 158 Å². The van der Waals surface area contributed by atoms with Crippen LogP contribution in [0.3, 0.4) is 0 Å². The quantitative estimate of drug-likeness (QED) is 0.436. The number of nitrogens with zero attached hydrogens (tertiary/aromatic N) is 2. The lowest BCUT2D eigenvalue weighted by atomic mass is 10.1. The van der Waals surface area contributed by atoms with Gasteiger partial charge in [-0.2, -0.15) is 0 Å². The summed E-state index contributed by atoms with van der Waals surface area (Å²) in [5.74, 6) is -0.0458. The summed E-state index contributed by atoms with van der Waals surface area (Å²) in [4.78, 5) is 19.7. The molecule has 25 heavy (non-hydrogen) atoms. The van der Waals surface area contributed by atoms with Crippen molar-refractivity contribution in [3.05, 3.63) is 57.3 Å². The first-order chi connectivity index (χ1) is 11.8. The summed E-state index contributed by atoms with van der Waals surface area (Å²) in [6, 6.07) is 7.30. The van der Waals surface area contributed by atoms with E-state index in [9.17, 15) is 4.79 Å². The fourth-order valence-corrected chi connectivity index (χ4v) is 3.53. The number of thiophene rings is 1. The third-order valence-electron chi connectivity index (χ3n) is 3.94. The second-order valence-corrected chi connectivity index (χ2v) is 7.33. The first-order valence-electron chi connectivity index (χ1n) is 8.18. The highest BCUT2D eigenvalue weighted by Gasteiger charge is 2.11. The molecule has 0 aliphatic carbocycles. The molecule has 0 amide bonds. The molecule has 0 unspecified atom stereocenters. The van der Waals surface area contributed by atoms with Gasteiger partial charge in [0.15, 0.2) is 5.78 Å². The van der Waals surface area contributed by atoms with E-state index < -0.39 is 0 Å². The van der Waals surface area contributed by atoms with E-state index in [1.807, 2.05) is 6.92 Å². The highest BCUT2D eigenvalue weighted by atomic mass is 35.5. The number of benzene rings is 1. The number of hydrogen-bond acceptors (Lipinski definition) is 4. The average molecular weight is 375 g/mol. The maximum absolute atomic E-state index is 11.8. The largest absolute Gasteiger partial charge is 0.375 e. The molecular weight excluding hydrogens is 352 g/mol. The second-order valence-electron chi connectivity index (χ2n) is 5.98. The highest BCUT2D eigenvalue weighted by molar-refractivity contribution is 7.12. The van der Waals surface area contributed by atoms with Gasteiger partial charge in [0.05, 0.1) is 11.4 Å². The van der Waals surface area contributed by atoms with E-state index in [-0.39, 0.29) is 5.78 Å². The van der Waals surface area contributed by atoms with Gasteiger partial charge in [0.1, 0.15) is 0 Å². The van der Waals surface area contributed by atoms with Gasteiger partial charge < -0.3 is 4.90 Å². The third-order valence-corrected chi connectivity index (χ3v) is 5.21. The molecule has 2 rings (SSSR count). The zero-order chi connectivity index (χ0) is 18.6. The minimum Gasteiger partial charge on any atom is -0.375 e. The summed E-state index contributed by atoms with van der Waals surface area (Å²) in [6.45, 7) is 10.8. The molecule has 1 heterocycles. The van der Waals surface area contributed by atoms with Crippen molar-refractivity contribution in [2.45, 2.75) is 27.2 Å². The monoisotopic (exact) mass is 374 g/mol. The number of carbonyl (C=O) groups is 1. The summed E-state index contributed by atoms with van der Waals surface area (Å²) >= 11 is 7.62. The maximum Gasteiger partial charge on any atom is 0.162 e. The molecule has 3 nitrogen and oxygen atoms in total. The van der Waals surface area contributed by atoms with Gasteiger partial charge in [-0.3, -0.25) is 9.79 Å². The topological polar surface area (TPSA) is 32.7 Å². The van der Waals surface area contributed by atoms with Crippen molar-refractivity contribution in [1.29, 1.82) is 0 Å². The van der Waals surface area contributed by atoms with E-state index in [1.165, 1.54) is 6.92 Å². The van der Waals surface area contributed by atoms with Crippen LogP contribution in [0, 0.1) is 0 Å². The summed E-state index contributed by atoms with van der Waals surface area (Å²) in [7, 11) is 2.05. The van der Waals surface area contributed by atoms with E-state index in [0.29, 0.717) is 16.3 Å². The maximum atomic E-state index is 11.8. The van der Waals surface area contributed by atoms with E-state index in [2.05, 4.69) is 41.9 Å². The van der Waals surface area contributed by atoms with Gasteiger partial charge in [-0.15, -0.1) is 11.3 Å². The van der Waals surface area contributed by atoms with Crippen molar-refractivity contribution in [1.82, 2.24) is 4.90 Å². The predicted octanol–water partition coefficient (Wildman–Crippen LogP) is 6.06. The Morgan fingerprint density at radius 3 is 2.68 bits per heavy atom. The first kappa shape index (κ1) is 19.4. The molecule has 0 N–H and O–H groups in total. The number of rotatable bonds is 7. The molecule has 0 bridgehead atoms. The molecule has 0 aliphatic heterocycles. The van der Waals surface area contributed by atoms with Crippen molar-refractivity contribution < 1.29 is 4.79 Å². The SMILES string of the molecule is C=C(c1csc(C(C)=Nc2ccc(Cl)cc2C(C)=O)c1)N(C)CCC. The summed E-state index contributed by atoms with van der Waals surface area (Å²) in [5.41, 5.74) is 4.16. The summed E-state index contributed by atoms with van der Waals surface area (Å²) in [6.07, 6.45) is 1.08. The Bertz CT molecular complexity index is 823. The third kappa shape index (κ3) is 4.80. The Hall–Kier alpha value is -1.91. The Kier molecular flexibility index (Phi) is 6.57. The molecule has 0 saturated heterocycles. The lowest BCUT2D eigenvalue weighted by molar-refractivity contribution is 0.101. The number of hydrogen-bond donors (Lipinski definition) is 0. The highest BCUT2D eigenvalue weighted by Crippen LogP contribution is 2.27. The van der Waals surface area contributed by atoms with Crippen LogP contribution in [0.25, 0.3) is 5.70 Å². The fourth-order valence-electron chi connectivity index (χ4n) is 2.49. The number of Topliss-reactive ketones (excluding diaryl/α,β-unsaturated/α-hetero) is 1. The van der Waals surface area contributed by atoms with Gasteiger partial charge in [-0.25, -0.2) is 0 Å². The zero-order valence-electron chi connectivity index (χ0n) is 15.1. The lowest BCUT2D eigenvalue weighted by Gasteiger charge is -2.19. The summed E-state index contributed by atoms with van der Waals surface area (Å²) < 4.78 is 0. The minimum atomic E-state index is -0.0458. The normalized spacial score (nSPS) is 11.5. The molecule has 0 radical (unpaired) electrons. The smallest absolute Gasteiger partial charge is 0.162 e. The molecule has 5 heteroatoms. The van der Waals surface area contributed by atoms with E-state index in [0.717, 1.165) is 34.8 Å². The van der Waals surface area contributed by atoms with Crippen molar-refractivity contribution in [3.63, 3.8) is 0 Å². The second kappa shape index (κ2) is 8.45. The van der Waals surface area contributed by atoms with Gasteiger partial charge in [-0.05, 0) is 44.5 Å². The fraction of sp³-hybridized carbons (Fsp3) is 0.300. The summed E-state index contributed by atoms with van der Waals surface area (Å²) in [5, 5.41) is 2.63. The van der Waals surface area contributed by atoms with Gasteiger partial charge in [0.25, 0.3) is 0 Å². The van der Waals surface area contributed by atoms with E-state index >= 15 is 0 Å². The van der Waals surface area contributed by atoms with Crippen LogP contribution in [0.4, 0.5) is 5.69 Å². The van der Waals surface area contributed by atoms with Crippen LogP contribution in [-0.4, -0.2) is 30.0 Å². The first-order valence-corrected chi connectivity index (χ1v) is 9.44. The zero-order valence-corrected chi connectivity index (χ0v) is 16.7. The number of ketones is 1. The van der Waals surface area contributed by atoms with Crippen LogP contribution in [0.1, 0.15) is 48.0 Å². The van der Waals surface area contributed by atoms with Crippen LogP contribution >= 0.6 is 22.9 Å². The minimum absolute atomic E-state index is 0.0458. The number of halogens is 1. The molecule has 2 aromatic rings. The van der Waals surface area contributed by atoms with Crippen LogP contribution in [0.2, 0.25) is 5.02 Å².